The van der Waals surface area contributed by atoms with Gasteiger partial charge in [0.1, 0.15) is 0 Å². The molecule has 0 aromatic heterocycles. The second-order valence-corrected chi connectivity index (χ2v) is 6.16. The molecule has 0 saturated heterocycles. The highest BCUT2D eigenvalue weighted by Gasteiger charge is 2.10. The lowest BCUT2D eigenvalue weighted by Crippen LogP contribution is -1.94. The van der Waals surface area contributed by atoms with Crippen LogP contribution in [0.3, 0.4) is 0 Å². The quantitative estimate of drug-likeness (QED) is 0.366. The fourth-order valence-corrected chi connectivity index (χ4v) is 3.60. The first-order chi connectivity index (χ1) is 11.2. The number of carbonyl (C=O) groups excluding carboxylic acids is 1. The number of carbonyl (C=O) groups is 1. The summed E-state index contributed by atoms with van der Waals surface area (Å²) in [5.41, 5.74) is 1.30. The summed E-state index contributed by atoms with van der Waals surface area (Å²) in [6.07, 6.45) is 2.59. The number of hydrogen-bond acceptors (Lipinski definition) is 1. The zero-order valence-corrected chi connectivity index (χ0v) is 12.8. The summed E-state index contributed by atoms with van der Waals surface area (Å²) < 4.78 is 0. The van der Waals surface area contributed by atoms with Crippen LogP contribution in [0.25, 0.3) is 32.3 Å². The van der Waals surface area contributed by atoms with Crippen molar-refractivity contribution in [2.45, 2.75) is 25.7 Å². The van der Waals surface area contributed by atoms with Crippen molar-refractivity contribution in [3.63, 3.8) is 0 Å². The molecule has 1 radical (unpaired) electrons. The molecule has 0 heterocycles. The summed E-state index contributed by atoms with van der Waals surface area (Å²) in [5.74, 6) is -0.958. The topological polar surface area (TPSA) is 37.0 Å². The number of rotatable bonds is 5. The SMILES string of the molecule is [O]C(=O)CCCCc1ccc2ccc3cccc4ccc1c2c34. The van der Waals surface area contributed by atoms with Crippen molar-refractivity contribution < 1.29 is 9.90 Å². The van der Waals surface area contributed by atoms with Crippen LogP contribution >= 0.6 is 0 Å². The molecule has 0 aliphatic carbocycles. The van der Waals surface area contributed by atoms with E-state index < -0.39 is 5.97 Å². The number of unbranched alkanes of at least 4 members (excludes halogenated alkanes) is 1. The third-order valence-corrected chi connectivity index (χ3v) is 4.70. The van der Waals surface area contributed by atoms with Crippen LogP contribution in [0.1, 0.15) is 24.8 Å². The largest absolute Gasteiger partial charge is 0.355 e. The predicted molar refractivity (Wildman–Crippen MR) is 93.4 cm³/mol. The molecule has 23 heavy (non-hydrogen) atoms. The van der Waals surface area contributed by atoms with Crippen LogP contribution in [-0.2, 0) is 16.3 Å². The van der Waals surface area contributed by atoms with Gasteiger partial charge in [0.25, 0.3) is 0 Å². The summed E-state index contributed by atoms with van der Waals surface area (Å²) in [7, 11) is 0. The molecule has 0 aliphatic heterocycles. The maximum atomic E-state index is 10.5. The first-order valence-electron chi connectivity index (χ1n) is 8.09. The lowest BCUT2D eigenvalue weighted by Gasteiger charge is -2.13. The van der Waals surface area contributed by atoms with E-state index in [9.17, 15) is 9.90 Å². The van der Waals surface area contributed by atoms with Gasteiger partial charge in [0.2, 0.25) is 0 Å². The molecule has 4 aromatic rings. The highest BCUT2D eigenvalue weighted by atomic mass is 16.4. The van der Waals surface area contributed by atoms with Gasteiger partial charge in [-0.05, 0) is 57.1 Å². The van der Waals surface area contributed by atoms with Crippen LogP contribution in [0.5, 0.6) is 0 Å². The first-order valence-corrected chi connectivity index (χ1v) is 8.09. The van der Waals surface area contributed by atoms with E-state index in [1.807, 2.05) is 0 Å². The molecule has 2 nitrogen and oxygen atoms in total. The molecule has 0 fully saturated rings. The van der Waals surface area contributed by atoms with Gasteiger partial charge in [-0.15, -0.1) is 0 Å². The summed E-state index contributed by atoms with van der Waals surface area (Å²) in [6.45, 7) is 0. The summed E-state index contributed by atoms with van der Waals surface area (Å²) >= 11 is 0. The van der Waals surface area contributed by atoms with Gasteiger partial charge >= 0.3 is 5.97 Å². The highest BCUT2D eigenvalue weighted by Crippen LogP contribution is 2.36. The van der Waals surface area contributed by atoms with Crippen molar-refractivity contribution in [3.8, 4) is 0 Å². The van der Waals surface area contributed by atoms with Gasteiger partial charge in [-0.1, -0.05) is 54.6 Å². The Labute approximate surface area is 134 Å². The van der Waals surface area contributed by atoms with Gasteiger partial charge in [0.15, 0.2) is 0 Å². The monoisotopic (exact) mass is 301 g/mol. The Morgan fingerprint density at radius 1 is 0.739 bits per heavy atom. The average Bonchev–Trinajstić information content (AvgIpc) is 2.57. The van der Waals surface area contributed by atoms with Crippen LogP contribution in [0.2, 0.25) is 0 Å². The summed E-state index contributed by atoms with van der Waals surface area (Å²) in [5, 5.41) is 18.3. The molecular formula is C21H17O2. The van der Waals surface area contributed by atoms with Gasteiger partial charge < -0.3 is 0 Å². The maximum Gasteiger partial charge on any atom is 0.355 e. The molecule has 0 saturated carbocycles. The molecule has 113 valence electrons. The van der Waals surface area contributed by atoms with Crippen molar-refractivity contribution >= 4 is 38.3 Å². The van der Waals surface area contributed by atoms with E-state index in [0.717, 1.165) is 12.8 Å². The molecule has 0 bridgehead atoms. The third kappa shape index (κ3) is 2.40. The van der Waals surface area contributed by atoms with Crippen molar-refractivity contribution in [2.75, 3.05) is 0 Å². The molecule has 0 unspecified atom stereocenters. The fourth-order valence-electron chi connectivity index (χ4n) is 3.60. The van der Waals surface area contributed by atoms with Crippen LogP contribution in [0.15, 0.2) is 54.6 Å². The smallest absolute Gasteiger partial charge is 0.247 e. The Kier molecular flexibility index (Phi) is 3.38. The summed E-state index contributed by atoms with van der Waals surface area (Å²) in [4.78, 5) is 10.5. The van der Waals surface area contributed by atoms with E-state index in [4.69, 9.17) is 0 Å². The second kappa shape index (κ2) is 5.54. The van der Waals surface area contributed by atoms with Crippen LogP contribution < -0.4 is 0 Å². The summed E-state index contributed by atoms with van der Waals surface area (Å²) in [6, 6.07) is 19.5. The fraction of sp³-hybridized carbons (Fsp3) is 0.190. The van der Waals surface area contributed by atoms with E-state index in [1.54, 1.807) is 0 Å². The normalized spacial score (nSPS) is 11.7. The van der Waals surface area contributed by atoms with Crippen molar-refractivity contribution in [3.05, 3.63) is 60.2 Å². The number of hydrogen-bond donors (Lipinski definition) is 0. The molecular weight excluding hydrogens is 284 g/mol. The Morgan fingerprint density at radius 3 is 2.13 bits per heavy atom. The molecule has 4 rings (SSSR count). The third-order valence-electron chi connectivity index (χ3n) is 4.70. The zero-order valence-electron chi connectivity index (χ0n) is 12.8. The van der Waals surface area contributed by atoms with Crippen molar-refractivity contribution in [2.24, 2.45) is 0 Å². The Bertz CT molecular complexity index is 985. The number of aryl methyl sites for hydroxylation is 1. The maximum absolute atomic E-state index is 10.5. The van der Waals surface area contributed by atoms with Crippen LogP contribution in [0, 0.1) is 0 Å². The molecule has 0 spiro atoms. The highest BCUT2D eigenvalue weighted by molar-refractivity contribution is 6.23. The van der Waals surface area contributed by atoms with Crippen molar-refractivity contribution in [1.29, 1.82) is 0 Å². The Balaban J connectivity index is 1.81. The minimum Gasteiger partial charge on any atom is -0.247 e. The lowest BCUT2D eigenvalue weighted by atomic mass is 9.90. The van der Waals surface area contributed by atoms with E-state index in [2.05, 4.69) is 54.6 Å². The second-order valence-electron chi connectivity index (χ2n) is 6.16. The number of benzene rings is 4. The van der Waals surface area contributed by atoms with E-state index in [-0.39, 0.29) is 6.42 Å². The molecule has 0 N–H and O–H groups in total. The van der Waals surface area contributed by atoms with E-state index >= 15 is 0 Å². The Morgan fingerprint density at radius 2 is 1.39 bits per heavy atom. The van der Waals surface area contributed by atoms with E-state index in [1.165, 1.54) is 37.9 Å². The van der Waals surface area contributed by atoms with Gasteiger partial charge in [-0.3, -0.25) is 0 Å². The van der Waals surface area contributed by atoms with Crippen molar-refractivity contribution in [1.82, 2.24) is 0 Å². The first kappa shape index (κ1) is 14.0. The van der Waals surface area contributed by atoms with Crippen LogP contribution in [0.4, 0.5) is 0 Å². The van der Waals surface area contributed by atoms with Gasteiger partial charge in [0, 0.05) is 0 Å². The van der Waals surface area contributed by atoms with Gasteiger partial charge in [0.05, 0.1) is 6.42 Å². The molecule has 0 aliphatic rings. The average molecular weight is 301 g/mol. The minimum atomic E-state index is -0.958. The van der Waals surface area contributed by atoms with Gasteiger partial charge in [-0.25, -0.2) is 9.90 Å². The molecule has 4 aromatic carbocycles. The lowest BCUT2D eigenvalue weighted by molar-refractivity contribution is -0.143. The predicted octanol–water partition coefficient (Wildman–Crippen LogP) is 5.25. The van der Waals surface area contributed by atoms with E-state index in [0.29, 0.717) is 6.42 Å². The molecule has 0 amide bonds. The standard InChI is InChI=1S/C21H17O2/c22-19(23)7-2-1-4-14-8-9-17-11-10-15-5-3-6-16-12-13-18(14)21(17)20(15)16/h3,5-6,8-13H,1-2,4,7H2. The minimum absolute atomic E-state index is 0.145. The Hall–Kier alpha value is -2.61. The molecule has 2 heteroatoms. The zero-order chi connectivity index (χ0) is 15.8. The van der Waals surface area contributed by atoms with Gasteiger partial charge in [-0.2, -0.15) is 0 Å². The molecule has 0 atom stereocenters. The van der Waals surface area contributed by atoms with Crippen LogP contribution in [-0.4, -0.2) is 5.97 Å².